The van der Waals surface area contributed by atoms with Gasteiger partial charge in [0.05, 0.1) is 0 Å². The average molecular weight is 400 g/mol. The first-order valence-electron chi connectivity index (χ1n) is 9.57. The van der Waals surface area contributed by atoms with E-state index in [0.29, 0.717) is 22.6 Å². The predicted molar refractivity (Wildman–Crippen MR) is 115 cm³/mol. The van der Waals surface area contributed by atoms with Gasteiger partial charge in [-0.2, -0.15) is 5.26 Å². The molecule has 3 aromatic carbocycles. The van der Waals surface area contributed by atoms with Gasteiger partial charge in [-0.3, -0.25) is 4.79 Å². The molecule has 0 saturated carbocycles. The molecule has 0 unspecified atom stereocenters. The van der Waals surface area contributed by atoms with Crippen molar-refractivity contribution < 1.29 is 13.9 Å². The minimum absolute atomic E-state index is 0.0270. The van der Waals surface area contributed by atoms with Gasteiger partial charge in [-0.05, 0) is 54.0 Å². The number of nitriles is 1. The largest absolute Gasteiger partial charge is 0.489 e. The van der Waals surface area contributed by atoms with E-state index in [1.807, 2.05) is 30.3 Å². The number of nitrogens with zero attached hydrogens (tertiary/aromatic N) is 1. The summed E-state index contributed by atoms with van der Waals surface area (Å²) >= 11 is 0. The first-order valence-corrected chi connectivity index (χ1v) is 9.57. The molecule has 0 fully saturated rings. The zero-order chi connectivity index (χ0) is 21.3. The second-order valence-electron chi connectivity index (χ2n) is 6.63. The molecule has 0 aromatic heterocycles. The van der Waals surface area contributed by atoms with Gasteiger partial charge in [0.15, 0.2) is 0 Å². The molecule has 0 heterocycles. The number of rotatable bonds is 7. The molecule has 0 spiro atoms. The molecule has 0 aliphatic rings. The summed E-state index contributed by atoms with van der Waals surface area (Å²) < 4.78 is 19.4. The molecule has 1 amide bonds. The summed E-state index contributed by atoms with van der Waals surface area (Å²) in [4.78, 5) is 12.5. The molecule has 4 nitrogen and oxygen atoms in total. The van der Waals surface area contributed by atoms with Gasteiger partial charge in [-0.25, -0.2) is 4.39 Å². The fraction of sp³-hybridized carbons (Fsp3) is 0.120. The van der Waals surface area contributed by atoms with Crippen LogP contribution in [0.2, 0.25) is 0 Å². The van der Waals surface area contributed by atoms with Crippen LogP contribution in [0, 0.1) is 17.1 Å². The van der Waals surface area contributed by atoms with E-state index >= 15 is 0 Å². The summed E-state index contributed by atoms with van der Waals surface area (Å²) in [5.74, 6) is -0.303. The summed E-state index contributed by atoms with van der Waals surface area (Å²) in [5.41, 5.74) is 2.84. The van der Waals surface area contributed by atoms with Crippen molar-refractivity contribution in [1.82, 2.24) is 0 Å². The zero-order valence-corrected chi connectivity index (χ0v) is 16.6. The Balaban J connectivity index is 1.70. The first-order chi connectivity index (χ1) is 14.6. The predicted octanol–water partition coefficient (Wildman–Crippen LogP) is 5.51. The van der Waals surface area contributed by atoms with Crippen molar-refractivity contribution >= 4 is 17.7 Å². The lowest BCUT2D eigenvalue weighted by atomic mass is 10.1. The number of hydrogen-bond donors (Lipinski definition) is 1. The molecule has 30 heavy (non-hydrogen) atoms. The van der Waals surface area contributed by atoms with E-state index in [9.17, 15) is 14.4 Å². The number of ether oxygens (including phenoxy) is 1. The van der Waals surface area contributed by atoms with Crippen molar-refractivity contribution in [1.29, 1.82) is 5.26 Å². The monoisotopic (exact) mass is 400 g/mol. The first kappa shape index (κ1) is 20.8. The Hall–Kier alpha value is -3.91. The molecule has 3 rings (SSSR count). The Morgan fingerprint density at radius 3 is 2.57 bits per heavy atom. The van der Waals surface area contributed by atoms with Crippen molar-refractivity contribution in [2.24, 2.45) is 0 Å². The smallest absolute Gasteiger partial charge is 0.266 e. The zero-order valence-electron chi connectivity index (χ0n) is 16.6. The maximum atomic E-state index is 13.7. The lowest BCUT2D eigenvalue weighted by Crippen LogP contribution is -2.13. The molecular formula is C25H21FN2O2. The molecule has 0 radical (unpaired) electrons. The van der Waals surface area contributed by atoms with Crippen LogP contribution in [-0.4, -0.2) is 5.91 Å². The van der Waals surface area contributed by atoms with Gasteiger partial charge in [-0.1, -0.05) is 49.4 Å². The van der Waals surface area contributed by atoms with E-state index in [2.05, 4.69) is 12.2 Å². The third-order valence-corrected chi connectivity index (χ3v) is 4.51. The number of aryl methyl sites for hydroxylation is 1. The highest BCUT2D eigenvalue weighted by Gasteiger charge is 2.10. The normalized spacial score (nSPS) is 10.9. The van der Waals surface area contributed by atoms with E-state index in [1.54, 1.807) is 42.5 Å². The van der Waals surface area contributed by atoms with Crippen LogP contribution < -0.4 is 10.1 Å². The van der Waals surface area contributed by atoms with E-state index in [0.717, 1.165) is 12.0 Å². The molecule has 0 aliphatic carbocycles. The van der Waals surface area contributed by atoms with Crippen LogP contribution in [0.25, 0.3) is 6.08 Å². The summed E-state index contributed by atoms with van der Waals surface area (Å²) in [6.07, 6.45) is 2.40. The van der Waals surface area contributed by atoms with Crippen molar-refractivity contribution in [3.63, 3.8) is 0 Å². The topological polar surface area (TPSA) is 62.1 Å². The summed E-state index contributed by atoms with van der Waals surface area (Å²) in [5, 5.41) is 12.1. The van der Waals surface area contributed by atoms with Crippen LogP contribution in [0.3, 0.4) is 0 Å². The molecule has 150 valence electrons. The van der Waals surface area contributed by atoms with Crippen LogP contribution in [0.4, 0.5) is 10.1 Å². The highest BCUT2D eigenvalue weighted by Crippen LogP contribution is 2.19. The van der Waals surface area contributed by atoms with Gasteiger partial charge in [-0.15, -0.1) is 0 Å². The Morgan fingerprint density at radius 2 is 1.87 bits per heavy atom. The summed E-state index contributed by atoms with van der Waals surface area (Å²) in [7, 11) is 0. The second-order valence-corrected chi connectivity index (χ2v) is 6.63. The van der Waals surface area contributed by atoms with E-state index < -0.39 is 5.91 Å². The minimum atomic E-state index is -0.487. The van der Waals surface area contributed by atoms with E-state index in [-0.39, 0.29) is 18.0 Å². The van der Waals surface area contributed by atoms with Gasteiger partial charge in [0.1, 0.15) is 29.8 Å². The Kier molecular flexibility index (Phi) is 6.96. The van der Waals surface area contributed by atoms with E-state index in [1.165, 1.54) is 12.1 Å². The third kappa shape index (κ3) is 5.55. The molecule has 0 bridgehead atoms. The molecule has 1 N–H and O–H groups in total. The fourth-order valence-electron chi connectivity index (χ4n) is 2.81. The number of nitrogens with one attached hydrogen (secondary N) is 1. The maximum absolute atomic E-state index is 13.7. The number of carbonyl (C=O) groups is 1. The number of amides is 1. The lowest BCUT2D eigenvalue weighted by molar-refractivity contribution is -0.112. The molecular weight excluding hydrogens is 379 g/mol. The molecule has 0 saturated heterocycles. The molecule has 0 aliphatic heterocycles. The second kappa shape index (κ2) is 10.0. The van der Waals surface area contributed by atoms with Gasteiger partial charge in [0, 0.05) is 11.3 Å². The SMILES string of the molecule is CCc1ccc(NC(=O)/C(C#N)=C\c2cccc(OCc3ccccc3F)c2)cc1. The number of carbonyl (C=O) groups excluding carboxylic acids is 1. The van der Waals surface area contributed by atoms with Crippen LogP contribution >= 0.6 is 0 Å². The molecule has 3 aromatic rings. The summed E-state index contributed by atoms with van der Waals surface area (Å²) in [6, 6.07) is 22.8. The van der Waals surface area contributed by atoms with Gasteiger partial charge < -0.3 is 10.1 Å². The Labute approximate surface area is 175 Å². The fourth-order valence-corrected chi connectivity index (χ4v) is 2.81. The Morgan fingerprint density at radius 1 is 1.10 bits per heavy atom. The van der Waals surface area contributed by atoms with Crippen molar-refractivity contribution in [2.45, 2.75) is 20.0 Å². The standard InChI is InChI=1S/C25H21FN2O2/c1-2-18-10-12-22(13-11-18)28-25(29)21(16-27)14-19-6-5-8-23(15-19)30-17-20-7-3-4-9-24(20)26/h3-15H,2,17H2,1H3,(H,28,29)/b21-14-. The third-order valence-electron chi connectivity index (χ3n) is 4.51. The van der Waals surface area contributed by atoms with Crippen LogP contribution in [0.1, 0.15) is 23.6 Å². The summed E-state index contributed by atoms with van der Waals surface area (Å²) in [6.45, 7) is 2.14. The Bertz CT molecular complexity index is 1100. The maximum Gasteiger partial charge on any atom is 0.266 e. The molecule has 5 heteroatoms. The number of halogens is 1. The van der Waals surface area contributed by atoms with Gasteiger partial charge in [0.2, 0.25) is 0 Å². The quantitative estimate of drug-likeness (QED) is 0.420. The number of benzene rings is 3. The van der Waals surface area contributed by atoms with Gasteiger partial charge >= 0.3 is 0 Å². The van der Waals surface area contributed by atoms with Crippen molar-refractivity contribution in [3.05, 3.63) is 101 Å². The van der Waals surface area contributed by atoms with Gasteiger partial charge in [0.25, 0.3) is 5.91 Å². The van der Waals surface area contributed by atoms with E-state index in [4.69, 9.17) is 4.74 Å². The number of anilines is 1. The number of hydrogen-bond acceptors (Lipinski definition) is 3. The van der Waals surface area contributed by atoms with Crippen LogP contribution in [0.5, 0.6) is 5.75 Å². The highest BCUT2D eigenvalue weighted by atomic mass is 19.1. The van der Waals surface area contributed by atoms with Crippen molar-refractivity contribution in [2.75, 3.05) is 5.32 Å². The van der Waals surface area contributed by atoms with Crippen molar-refractivity contribution in [3.8, 4) is 11.8 Å². The lowest BCUT2D eigenvalue weighted by Gasteiger charge is -2.08. The highest BCUT2D eigenvalue weighted by molar-refractivity contribution is 6.09. The minimum Gasteiger partial charge on any atom is -0.489 e. The van der Waals surface area contributed by atoms with Crippen LogP contribution in [-0.2, 0) is 17.8 Å². The molecule has 0 atom stereocenters. The average Bonchev–Trinajstić information content (AvgIpc) is 2.77. The van der Waals surface area contributed by atoms with Crippen LogP contribution in [0.15, 0.2) is 78.4 Å².